The van der Waals surface area contributed by atoms with Gasteiger partial charge in [0.15, 0.2) is 0 Å². The van der Waals surface area contributed by atoms with E-state index in [9.17, 15) is 18.0 Å². The number of anilines is 1. The Labute approximate surface area is 230 Å². The Morgan fingerprint density at radius 3 is 2.18 bits per heavy atom. The van der Waals surface area contributed by atoms with Gasteiger partial charge in [0.2, 0.25) is 21.8 Å². The monoisotopic (exact) mass is 553 g/mol. The maximum absolute atomic E-state index is 13.9. The van der Waals surface area contributed by atoms with Crippen molar-refractivity contribution in [3.05, 3.63) is 90.0 Å². The molecular formula is C29H35N3O6S. The van der Waals surface area contributed by atoms with Crippen molar-refractivity contribution in [1.29, 1.82) is 0 Å². The minimum Gasteiger partial charge on any atom is -0.497 e. The van der Waals surface area contributed by atoms with E-state index in [-0.39, 0.29) is 18.9 Å². The predicted octanol–water partition coefficient (Wildman–Crippen LogP) is 3.25. The van der Waals surface area contributed by atoms with Crippen LogP contribution in [-0.2, 0) is 32.6 Å². The minimum absolute atomic E-state index is 0.0713. The number of hydrogen-bond donors (Lipinski definition) is 1. The SMILES string of the molecule is CCOc1ccc(N(CC(=O)N(Cc2cccc(OC)c2)[C@H](Cc2ccccc2)C(=O)NC)S(C)(=O)=O)cc1. The fourth-order valence-electron chi connectivity index (χ4n) is 4.18. The third-order valence-electron chi connectivity index (χ3n) is 6.12. The molecule has 10 heteroatoms. The molecule has 0 saturated heterocycles. The van der Waals surface area contributed by atoms with Gasteiger partial charge in [0.1, 0.15) is 24.1 Å². The van der Waals surface area contributed by atoms with Crippen LogP contribution in [0.4, 0.5) is 5.69 Å². The topological polar surface area (TPSA) is 105 Å². The Bertz CT molecular complexity index is 1350. The molecule has 0 aliphatic rings. The van der Waals surface area contributed by atoms with Crippen LogP contribution < -0.4 is 19.1 Å². The molecule has 0 radical (unpaired) electrons. The third kappa shape index (κ3) is 8.22. The van der Waals surface area contributed by atoms with Crippen LogP contribution in [0.2, 0.25) is 0 Å². The molecule has 3 rings (SSSR count). The molecule has 0 fully saturated rings. The van der Waals surface area contributed by atoms with Crippen LogP contribution in [-0.4, -0.2) is 64.7 Å². The maximum Gasteiger partial charge on any atom is 0.244 e. The number of likely N-dealkylation sites (N-methyl/N-ethyl adjacent to an activating group) is 1. The van der Waals surface area contributed by atoms with Crippen molar-refractivity contribution in [2.75, 3.05) is 37.9 Å². The fraction of sp³-hybridized carbons (Fsp3) is 0.310. The number of benzene rings is 3. The number of nitrogens with one attached hydrogen (secondary N) is 1. The highest BCUT2D eigenvalue weighted by Gasteiger charge is 2.32. The molecule has 0 heterocycles. The number of sulfonamides is 1. The Morgan fingerprint density at radius 1 is 0.923 bits per heavy atom. The summed E-state index contributed by atoms with van der Waals surface area (Å²) in [7, 11) is -0.783. The van der Waals surface area contributed by atoms with E-state index in [1.54, 1.807) is 49.6 Å². The molecule has 0 bridgehead atoms. The third-order valence-corrected chi connectivity index (χ3v) is 7.26. The fourth-order valence-corrected chi connectivity index (χ4v) is 5.03. The molecule has 1 atom stereocenters. The Kier molecular flexibility index (Phi) is 10.3. The Hall–Kier alpha value is -4.05. The highest BCUT2D eigenvalue weighted by atomic mass is 32.2. The van der Waals surface area contributed by atoms with Gasteiger partial charge in [-0.15, -0.1) is 0 Å². The van der Waals surface area contributed by atoms with Crippen LogP contribution in [0.1, 0.15) is 18.1 Å². The van der Waals surface area contributed by atoms with Gasteiger partial charge in [-0.1, -0.05) is 42.5 Å². The summed E-state index contributed by atoms with van der Waals surface area (Å²) in [5, 5.41) is 2.66. The standard InChI is InChI=1S/C29H35N3O6S/c1-5-38-25-16-14-24(15-17-25)32(39(4,35)36)21-28(33)31(20-23-12-9-13-26(18-23)37-3)27(29(34)30-2)19-22-10-7-6-8-11-22/h6-18,27H,5,19-21H2,1-4H3,(H,30,34)/t27-/m1/s1. The first kappa shape index (κ1) is 29.5. The summed E-state index contributed by atoms with van der Waals surface area (Å²) in [5.41, 5.74) is 1.91. The van der Waals surface area contributed by atoms with Crippen LogP contribution in [0.3, 0.4) is 0 Å². The van der Waals surface area contributed by atoms with Crippen molar-refractivity contribution in [2.24, 2.45) is 0 Å². The van der Waals surface area contributed by atoms with Crippen molar-refractivity contribution in [1.82, 2.24) is 10.2 Å². The zero-order valence-corrected chi connectivity index (χ0v) is 23.5. The van der Waals surface area contributed by atoms with E-state index < -0.39 is 28.5 Å². The molecule has 0 aliphatic carbocycles. The molecule has 0 saturated carbocycles. The molecular weight excluding hydrogens is 518 g/mol. The van der Waals surface area contributed by atoms with Crippen LogP contribution in [0.15, 0.2) is 78.9 Å². The molecule has 0 spiro atoms. The molecule has 39 heavy (non-hydrogen) atoms. The van der Waals surface area contributed by atoms with Crippen molar-refractivity contribution in [2.45, 2.75) is 25.9 Å². The first-order valence-corrected chi connectivity index (χ1v) is 14.4. The van der Waals surface area contributed by atoms with Crippen molar-refractivity contribution >= 4 is 27.5 Å². The predicted molar refractivity (Wildman–Crippen MR) is 151 cm³/mol. The molecule has 0 unspecified atom stereocenters. The maximum atomic E-state index is 13.9. The Morgan fingerprint density at radius 2 is 1.59 bits per heavy atom. The molecule has 9 nitrogen and oxygen atoms in total. The number of rotatable bonds is 13. The lowest BCUT2D eigenvalue weighted by molar-refractivity contribution is -0.139. The lowest BCUT2D eigenvalue weighted by atomic mass is 10.0. The van der Waals surface area contributed by atoms with E-state index in [1.807, 2.05) is 43.3 Å². The largest absolute Gasteiger partial charge is 0.497 e. The van der Waals surface area contributed by atoms with Crippen LogP contribution in [0.25, 0.3) is 0 Å². The molecule has 3 aromatic rings. The van der Waals surface area contributed by atoms with Gasteiger partial charge in [-0.25, -0.2) is 8.42 Å². The summed E-state index contributed by atoms with van der Waals surface area (Å²) in [6.07, 6.45) is 1.29. The van der Waals surface area contributed by atoms with E-state index in [1.165, 1.54) is 11.9 Å². The average Bonchev–Trinajstić information content (AvgIpc) is 2.94. The van der Waals surface area contributed by atoms with E-state index in [4.69, 9.17) is 9.47 Å². The number of amides is 2. The molecule has 0 aliphatic heterocycles. The summed E-state index contributed by atoms with van der Waals surface area (Å²) in [4.78, 5) is 28.5. The summed E-state index contributed by atoms with van der Waals surface area (Å²) in [6.45, 7) is 1.90. The summed E-state index contributed by atoms with van der Waals surface area (Å²) in [6, 6.07) is 22.1. The van der Waals surface area contributed by atoms with Crippen molar-refractivity contribution in [3.8, 4) is 11.5 Å². The highest BCUT2D eigenvalue weighted by molar-refractivity contribution is 7.92. The van der Waals surface area contributed by atoms with E-state index in [2.05, 4.69) is 5.32 Å². The zero-order valence-electron chi connectivity index (χ0n) is 22.7. The van der Waals surface area contributed by atoms with Gasteiger partial charge < -0.3 is 19.7 Å². The van der Waals surface area contributed by atoms with Gasteiger partial charge in [-0.2, -0.15) is 0 Å². The normalized spacial score (nSPS) is 11.8. The Balaban J connectivity index is 2.01. The zero-order chi connectivity index (χ0) is 28.4. The van der Waals surface area contributed by atoms with Gasteiger partial charge in [-0.05, 0) is 54.4 Å². The van der Waals surface area contributed by atoms with Crippen LogP contribution in [0, 0.1) is 0 Å². The number of nitrogens with zero attached hydrogens (tertiary/aromatic N) is 2. The second kappa shape index (κ2) is 13.7. The first-order valence-electron chi connectivity index (χ1n) is 12.5. The van der Waals surface area contributed by atoms with Crippen LogP contribution in [0.5, 0.6) is 11.5 Å². The number of methoxy groups -OCH3 is 1. The molecule has 208 valence electrons. The van der Waals surface area contributed by atoms with E-state index in [0.29, 0.717) is 23.8 Å². The molecule has 1 N–H and O–H groups in total. The average molecular weight is 554 g/mol. The van der Waals surface area contributed by atoms with Crippen molar-refractivity contribution < 1.29 is 27.5 Å². The van der Waals surface area contributed by atoms with Gasteiger partial charge in [0.25, 0.3) is 0 Å². The first-order chi connectivity index (χ1) is 18.7. The highest BCUT2D eigenvalue weighted by Crippen LogP contribution is 2.23. The van der Waals surface area contributed by atoms with E-state index >= 15 is 0 Å². The lowest BCUT2D eigenvalue weighted by Gasteiger charge is -2.33. The second-order valence-corrected chi connectivity index (χ2v) is 10.8. The smallest absolute Gasteiger partial charge is 0.244 e. The van der Waals surface area contributed by atoms with E-state index in [0.717, 1.165) is 21.7 Å². The van der Waals surface area contributed by atoms with Crippen molar-refractivity contribution in [3.63, 3.8) is 0 Å². The minimum atomic E-state index is -3.84. The summed E-state index contributed by atoms with van der Waals surface area (Å²) >= 11 is 0. The number of carbonyl (C=O) groups excluding carboxylic acids is 2. The summed E-state index contributed by atoms with van der Waals surface area (Å²) < 4.78 is 37.5. The van der Waals surface area contributed by atoms with Gasteiger partial charge >= 0.3 is 0 Å². The number of ether oxygens (including phenoxy) is 2. The van der Waals surface area contributed by atoms with Gasteiger partial charge in [-0.3, -0.25) is 13.9 Å². The number of hydrogen-bond acceptors (Lipinski definition) is 6. The molecule has 0 aromatic heterocycles. The molecule has 3 aromatic carbocycles. The summed E-state index contributed by atoms with van der Waals surface area (Å²) in [5.74, 6) is 0.304. The number of carbonyl (C=O) groups is 2. The lowest BCUT2D eigenvalue weighted by Crippen LogP contribution is -2.52. The van der Waals surface area contributed by atoms with Gasteiger partial charge in [0.05, 0.1) is 25.7 Å². The van der Waals surface area contributed by atoms with Crippen LogP contribution >= 0.6 is 0 Å². The molecule has 2 amide bonds. The van der Waals surface area contributed by atoms with Gasteiger partial charge in [0, 0.05) is 20.0 Å². The second-order valence-electron chi connectivity index (χ2n) is 8.89. The quantitative estimate of drug-likeness (QED) is 0.349.